The van der Waals surface area contributed by atoms with Crippen molar-refractivity contribution in [1.82, 2.24) is 0 Å². The van der Waals surface area contributed by atoms with Gasteiger partial charge in [-0.15, -0.1) is 0 Å². The molecular weight excluding hydrogens is 359 g/mol. The van der Waals surface area contributed by atoms with E-state index in [1.165, 1.54) is 19.2 Å². The average Bonchev–Trinajstić information content (AvgIpc) is 2.55. The number of ether oxygens (including phenoxy) is 2. The second kappa shape index (κ2) is 7.65. The molecule has 2 aromatic rings. The molecule has 0 aliphatic rings. The van der Waals surface area contributed by atoms with Crippen LogP contribution < -0.4 is 14.8 Å². The third-order valence-electron chi connectivity index (χ3n) is 3.29. The van der Waals surface area contributed by atoms with Crippen molar-refractivity contribution < 1.29 is 27.4 Å². The first-order chi connectivity index (χ1) is 11.7. The van der Waals surface area contributed by atoms with Crippen LogP contribution in [0.3, 0.4) is 0 Å². The van der Waals surface area contributed by atoms with Crippen molar-refractivity contribution in [3.8, 4) is 11.5 Å². The van der Waals surface area contributed by atoms with Crippen LogP contribution in [0.4, 0.5) is 18.9 Å². The van der Waals surface area contributed by atoms with Gasteiger partial charge in [-0.1, -0.05) is 17.7 Å². The Hall–Kier alpha value is -2.41. The summed E-state index contributed by atoms with van der Waals surface area (Å²) in [6.07, 6.45) is -4.48. The van der Waals surface area contributed by atoms with E-state index in [1.54, 1.807) is 19.1 Å². The first-order valence-corrected chi connectivity index (χ1v) is 7.52. The van der Waals surface area contributed by atoms with Crippen LogP contribution in [0.5, 0.6) is 11.5 Å². The first kappa shape index (κ1) is 18.9. The fraction of sp³-hybridized carbons (Fsp3) is 0.235. The summed E-state index contributed by atoms with van der Waals surface area (Å²) in [5, 5.41) is 3.06. The van der Waals surface area contributed by atoms with Gasteiger partial charge in [0.05, 0.1) is 18.4 Å². The molecule has 0 radical (unpaired) electrons. The quantitative estimate of drug-likeness (QED) is 0.826. The van der Waals surface area contributed by atoms with E-state index < -0.39 is 24.3 Å². The highest BCUT2D eigenvalue weighted by Crippen LogP contribution is 2.32. The van der Waals surface area contributed by atoms with Crippen LogP contribution >= 0.6 is 11.6 Å². The number of nitrogens with one attached hydrogen (secondary N) is 1. The topological polar surface area (TPSA) is 47.6 Å². The molecule has 2 aromatic carbocycles. The smallest absolute Gasteiger partial charge is 0.416 e. The molecule has 0 aliphatic carbocycles. The van der Waals surface area contributed by atoms with Crippen molar-refractivity contribution >= 4 is 23.2 Å². The minimum absolute atomic E-state index is 0.0516. The number of hydrogen-bond acceptors (Lipinski definition) is 3. The van der Waals surface area contributed by atoms with Gasteiger partial charge >= 0.3 is 6.18 Å². The molecule has 25 heavy (non-hydrogen) atoms. The summed E-state index contributed by atoms with van der Waals surface area (Å²) >= 11 is 5.98. The number of hydrogen-bond donors (Lipinski definition) is 1. The number of rotatable bonds is 5. The van der Waals surface area contributed by atoms with Crippen LogP contribution in [0.1, 0.15) is 11.1 Å². The number of anilines is 1. The average molecular weight is 374 g/mol. The summed E-state index contributed by atoms with van der Waals surface area (Å²) in [5.41, 5.74) is 0.277. The fourth-order valence-electron chi connectivity index (χ4n) is 2.03. The number of benzene rings is 2. The molecule has 2 rings (SSSR count). The Morgan fingerprint density at radius 1 is 1.24 bits per heavy atom. The van der Waals surface area contributed by atoms with Crippen LogP contribution in [-0.2, 0) is 11.0 Å². The van der Waals surface area contributed by atoms with E-state index in [1.807, 2.05) is 0 Å². The zero-order valence-corrected chi connectivity index (χ0v) is 14.2. The maximum absolute atomic E-state index is 12.6. The Kier molecular flexibility index (Phi) is 5.79. The molecule has 0 spiro atoms. The lowest BCUT2D eigenvalue weighted by atomic mass is 10.2. The number of alkyl halides is 3. The third kappa shape index (κ3) is 5.03. The molecular formula is C17H15ClF3NO3. The molecule has 0 atom stereocenters. The molecule has 0 aliphatic heterocycles. The van der Waals surface area contributed by atoms with Crippen LogP contribution in [0.25, 0.3) is 0 Å². The predicted molar refractivity (Wildman–Crippen MR) is 88.3 cm³/mol. The summed E-state index contributed by atoms with van der Waals surface area (Å²) in [7, 11) is 1.43. The molecule has 0 fully saturated rings. The largest absolute Gasteiger partial charge is 0.495 e. The number of aryl methyl sites for hydroxylation is 1. The Morgan fingerprint density at radius 2 is 1.96 bits per heavy atom. The molecule has 134 valence electrons. The minimum Gasteiger partial charge on any atom is -0.495 e. The Morgan fingerprint density at radius 3 is 2.60 bits per heavy atom. The van der Waals surface area contributed by atoms with Crippen molar-refractivity contribution in [1.29, 1.82) is 0 Å². The van der Waals surface area contributed by atoms with E-state index >= 15 is 0 Å². The molecule has 0 unspecified atom stereocenters. The second-order valence-corrected chi connectivity index (χ2v) is 5.57. The first-order valence-electron chi connectivity index (χ1n) is 7.14. The molecule has 0 bridgehead atoms. The van der Waals surface area contributed by atoms with Gasteiger partial charge in [-0.25, -0.2) is 0 Å². The standard InChI is InChI=1S/C17H15ClF3NO3/c1-10-6-14(15(24-2)8-13(10)18)22-16(23)9-25-12-5-3-4-11(7-12)17(19,20)21/h3-8H,9H2,1-2H3,(H,22,23). The Bertz CT molecular complexity index is 778. The number of halogens is 4. The van der Waals surface area contributed by atoms with Gasteiger partial charge in [0.25, 0.3) is 5.91 Å². The van der Waals surface area contributed by atoms with Crippen LogP contribution in [-0.4, -0.2) is 19.6 Å². The van der Waals surface area contributed by atoms with E-state index in [0.29, 0.717) is 16.5 Å². The molecule has 0 aromatic heterocycles. The molecule has 0 saturated heterocycles. The highest BCUT2D eigenvalue weighted by Gasteiger charge is 2.30. The summed E-state index contributed by atoms with van der Waals surface area (Å²) in [6.45, 7) is 1.31. The predicted octanol–water partition coefficient (Wildman–Crippen LogP) is 4.69. The number of amides is 1. The van der Waals surface area contributed by atoms with Crippen molar-refractivity contribution in [3.05, 3.63) is 52.5 Å². The zero-order chi connectivity index (χ0) is 18.6. The monoisotopic (exact) mass is 373 g/mol. The van der Waals surface area contributed by atoms with Crippen LogP contribution in [0.2, 0.25) is 5.02 Å². The van der Waals surface area contributed by atoms with Gasteiger partial charge in [0.2, 0.25) is 0 Å². The molecule has 1 amide bonds. The Labute approximate surface area is 147 Å². The van der Waals surface area contributed by atoms with Gasteiger partial charge in [-0.3, -0.25) is 4.79 Å². The van der Waals surface area contributed by atoms with Gasteiger partial charge in [-0.2, -0.15) is 13.2 Å². The summed E-state index contributed by atoms with van der Waals surface area (Å²) in [5.74, 6) is -0.232. The van der Waals surface area contributed by atoms with Crippen molar-refractivity contribution in [2.24, 2.45) is 0 Å². The maximum Gasteiger partial charge on any atom is 0.416 e. The van der Waals surface area contributed by atoms with Gasteiger partial charge in [0, 0.05) is 11.1 Å². The molecule has 8 heteroatoms. The van der Waals surface area contributed by atoms with E-state index in [2.05, 4.69) is 5.32 Å². The highest BCUT2D eigenvalue weighted by molar-refractivity contribution is 6.31. The molecule has 0 saturated carbocycles. The number of carbonyl (C=O) groups excluding carboxylic acids is 1. The number of methoxy groups -OCH3 is 1. The lowest BCUT2D eigenvalue weighted by Gasteiger charge is -2.13. The minimum atomic E-state index is -4.48. The van der Waals surface area contributed by atoms with E-state index in [-0.39, 0.29) is 5.75 Å². The maximum atomic E-state index is 12.6. The van der Waals surface area contributed by atoms with Crippen molar-refractivity contribution in [2.45, 2.75) is 13.1 Å². The third-order valence-corrected chi connectivity index (χ3v) is 3.69. The summed E-state index contributed by atoms with van der Waals surface area (Å²) in [4.78, 5) is 12.0. The van der Waals surface area contributed by atoms with Crippen molar-refractivity contribution in [3.63, 3.8) is 0 Å². The van der Waals surface area contributed by atoms with E-state index in [4.69, 9.17) is 21.1 Å². The SMILES string of the molecule is COc1cc(Cl)c(C)cc1NC(=O)COc1cccc(C(F)(F)F)c1. The van der Waals surface area contributed by atoms with Gasteiger partial charge in [0.15, 0.2) is 6.61 Å². The van der Waals surface area contributed by atoms with Gasteiger partial charge < -0.3 is 14.8 Å². The number of carbonyl (C=O) groups is 1. The zero-order valence-electron chi connectivity index (χ0n) is 13.4. The second-order valence-electron chi connectivity index (χ2n) is 5.16. The van der Waals surface area contributed by atoms with E-state index in [0.717, 1.165) is 17.7 Å². The van der Waals surface area contributed by atoms with Crippen LogP contribution in [0.15, 0.2) is 36.4 Å². The van der Waals surface area contributed by atoms with Gasteiger partial charge in [0.1, 0.15) is 11.5 Å². The lowest BCUT2D eigenvalue weighted by Crippen LogP contribution is -2.20. The fourth-order valence-corrected chi connectivity index (χ4v) is 2.18. The van der Waals surface area contributed by atoms with Crippen molar-refractivity contribution in [2.75, 3.05) is 19.0 Å². The Balaban J connectivity index is 2.03. The summed E-state index contributed by atoms with van der Waals surface area (Å²) in [6, 6.07) is 7.50. The van der Waals surface area contributed by atoms with Crippen LogP contribution in [0, 0.1) is 6.92 Å². The highest BCUT2D eigenvalue weighted by atomic mass is 35.5. The van der Waals surface area contributed by atoms with E-state index in [9.17, 15) is 18.0 Å². The molecule has 1 N–H and O–H groups in total. The lowest BCUT2D eigenvalue weighted by molar-refractivity contribution is -0.137. The molecule has 0 heterocycles. The molecule has 4 nitrogen and oxygen atoms in total. The normalized spacial score (nSPS) is 11.1. The summed E-state index contributed by atoms with van der Waals surface area (Å²) < 4.78 is 48.2. The van der Waals surface area contributed by atoms with Gasteiger partial charge in [-0.05, 0) is 36.8 Å².